The molecule has 2 aromatic carbocycles. The summed E-state index contributed by atoms with van der Waals surface area (Å²) in [6.45, 7) is 1.15. The van der Waals surface area contributed by atoms with Crippen molar-refractivity contribution in [3.8, 4) is 0 Å². The summed E-state index contributed by atoms with van der Waals surface area (Å²) >= 11 is 0. The predicted molar refractivity (Wildman–Crippen MR) is 108 cm³/mol. The maximum Gasteiger partial charge on any atom is 0.315 e. The van der Waals surface area contributed by atoms with Crippen molar-refractivity contribution in [2.45, 2.75) is 19.4 Å². The van der Waals surface area contributed by atoms with Gasteiger partial charge in [0.05, 0.1) is 6.54 Å². The number of carbonyl (C=O) groups excluding carboxylic acids is 1. The SMILES string of the molecule is CN(C)c1ccc(CCCNC(=O)NCc2cc3ccccc3[nH]2)cc1. The van der Waals surface area contributed by atoms with E-state index in [0.29, 0.717) is 13.1 Å². The number of aryl methyl sites for hydroxylation is 1. The van der Waals surface area contributed by atoms with Crippen LogP contribution in [0.1, 0.15) is 17.7 Å². The van der Waals surface area contributed by atoms with E-state index in [1.165, 1.54) is 11.3 Å². The molecule has 0 saturated heterocycles. The number of hydrogen-bond acceptors (Lipinski definition) is 2. The zero-order valence-electron chi connectivity index (χ0n) is 15.4. The number of para-hydroxylation sites is 1. The second-order valence-corrected chi connectivity index (χ2v) is 6.66. The quantitative estimate of drug-likeness (QED) is 0.570. The van der Waals surface area contributed by atoms with Gasteiger partial charge >= 0.3 is 6.03 Å². The molecule has 1 heterocycles. The van der Waals surface area contributed by atoms with E-state index in [2.05, 4.69) is 56.9 Å². The van der Waals surface area contributed by atoms with Gasteiger partial charge in [0.2, 0.25) is 0 Å². The third-order valence-electron chi connectivity index (χ3n) is 4.41. The van der Waals surface area contributed by atoms with E-state index in [-0.39, 0.29) is 6.03 Å². The Labute approximate surface area is 154 Å². The van der Waals surface area contributed by atoms with Crippen LogP contribution >= 0.6 is 0 Å². The summed E-state index contributed by atoms with van der Waals surface area (Å²) in [7, 11) is 4.07. The minimum atomic E-state index is -0.133. The lowest BCUT2D eigenvalue weighted by molar-refractivity contribution is 0.240. The summed E-state index contributed by atoms with van der Waals surface area (Å²) in [4.78, 5) is 17.3. The van der Waals surface area contributed by atoms with Gasteiger partial charge < -0.3 is 20.5 Å². The first-order valence-electron chi connectivity index (χ1n) is 8.96. The molecule has 0 unspecified atom stereocenters. The smallest absolute Gasteiger partial charge is 0.315 e. The van der Waals surface area contributed by atoms with Gasteiger partial charge in [0.25, 0.3) is 0 Å². The van der Waals surface area contributed by atoms with Gasteiger partial charge in [-0.3, -0.25) is 0 Å². The third-order valence-corrected chi connectivity index (χ3v) is 4.41. The molecule has 136 valence electrons. The molecule has 0 radical (unpaired) electrons. The minimum absolute atomic E-state index is 0.133. The molecular weight excluding hydrogens is 324 g/mol. The summed E-state index contributed by atoms with van der Waals surface area (Å²) in [5.41, 5.74) is 4.58. The molecule has 3 N–H and O–H groups in total. The number of anilines is 1. The van der Waals surface area contributed by atoms with Gasteiger partial charge in [-0.25, -0.2) is 4.79 Å². The summed E-state index contributed by atoms with van der Waals surface area (Å²) in [5, 5.41) is 6.96. The number of nitrogens with one attached hydrogen (secondary N) is 3. The molecule has 26 heavy (non-hydrogen) atoms. The maximum absolute atomic E-state index is 11.9. The van der Waals surface area contributed by atoms with E-state index in [0.717, 1.165) is 29.4 Å². The molecule has 3 aromatic rings. The van der Waals surface area contributed by atoms with Crippen molar-refractivity contribution < 1.29 is 4.79 Å². The molecule has 0 saturated carbocycles. The second-order valence-electron chi connectivity index (χ2n) is 6.66. The Balaban J connectivity index is 1.36. The lowest BCUT2D eigenvalue weighted by atomic mass is 10.1. The van der Waals surface area contributed by atoms with Gasteiger partial charge in [-0.15, -0.1) is 0 Å². The fourth-order valence-corrected chi connectivity index (χ4v) is 2.92. The van der Waals surface area contributed by atoms with Crippen molar-refractivity contribution in [2.75, 3.05) is 25.5 Å². The highest BCUT2D eigenvalue weighted by molar-refractivity contribution is 5.80. The standard InChI is InChI=1S/C21H26N4O/c1-25(2)19-11-9-16(10-12-19)6-5-13-22-21(26)23-15-18-14-17-7-3-4-8-20(17)24-18/h3-4,7-12,14,24H,5-6,13,15H2,1-2H3,(H2,22,23,26). The first kappa shape index (κ1) is 17.9. The summed E-state index contributed by atoms with van der Waals surface area (Å²) < 4.78 is 0. The molecule has 5 heteroatoms. The number of aromatic amines is 1. The molecule has 0 spiro atoms. The Kier molecular flexibility index (Phi) is 5.79. The molecule has 3 rings (SSSR count). The Morgan fingerprint density at radius 2 is 1.81 bits per heavy atom. The topological polar surface area (TPSA) is 60.2 Å². The number of rotatable bonds is 7. The Morgan fingerprint density at radius 3 is 2.54 bits per heavy atom. The third kappa shape index (κ3) is 4.79. The van der Waals surface area contributed by atoms with Crippen LogP contribution in [-0.4, -0.2) is 31.7 Å². The van der Waals surface area contributed by atoms with Crippen molar-refractivity contribution >= 4 is 22.6 Å². The van der Waals surface area contributed by atoms with Crippen LogP contribution in [0.2, 0.25) is 0 Å². The van der Waals surface area contributed by atoms with Crippen molar-refractivity contribution in [3.05, 3.63) is 65.9 Å². The van der Waals surface area contributed by atoms with Crippen LogP contribution in [0.25, 0.3) is 10.9 Å². The molecule has 0 aliphatic heterocycles. The molecule has 0 aliphatic rings. The van der Waals surface area contributed by atoms with Gasteiger partial charge in [-0.1, -0.05) is 30.3 Å². The molecule has 2 amide bonds. The van der Waals surface area contributed by atoms with E-state index < -0.39 is 0 Å². The molecule has 0 aliphatic carbocycles. The molecule has 0 atom stereocenters. The van der Waals surface area contributed by atoms with E-state index in [4.69, 9.17) is 0 Å². The number of fused-ring (bicyclic) bond motifs is 1. The number of H-pyrrole nitrogens is 1. The Morgan fingerprint density at radius 1 is 1.04 bits per heavy atom. The highest BCUT2D eigenvalue weighted by Gasteiger charge is 2.03. The number of amides is 2. The van der Waals surface area contributed by atoms with Gasteiger partial charge in [-0.05, 0) is 48.1 Å². The van der Waals surface area contributed by atoms with Gasteiger partial charge in [0.15, 0.2) is 0 Å². The average molecular weight is 350 g/mol. The van der Waals surface area contributed by atoms with Crippen molar-refractivity contribution in [1.29, 1.82) is 0 Å². The van der Waals surface area contributed by atoms with Crippen LogP contribution in [0.3, 0.4) is 0 Å². The lowest BCUT2D eigenvalue weighted by Crippen LogP contribution is -2.35. The number of urea groups is 1. The first-order chi connectivity index (χ1) is 12.6. The normalized spacial score (nSPS) is 10.7. The molecule has 5 nitrogen and oxygen atoms in total. The number of carbonyl (C=O) groups is 1. The molecule has 0 fully saturated rings. The predicted octanol–water partition coefficient (Wildman–Crippen LogP) is 3.67. The van der Waals surface area contributed by atoms with E-state index in [1.54, 1.807) is 0 Å². The van der Waals surface area contributed by atoms with Gasteiger partial charge in [-0.2, -0.15) is 0 Å². The fraction of sp³-hybridized carbons (Fsp3) is 0.286. The average Bonchev–Trinajstić information content (AvgIpc) is 3.07. The highest BCUT2D eigenvalue weighted by Crippen LogP contribution is 2.14. The monoisotopic (exact) mass is 350 g/mol. The number of aromatic nitrogens is 1. The largest absolute Gasteiger partial charge is 0.378 e. The van der Waals surface area contributed by atoms with Crippen LogP contribution in [0.4, 0.5) is 10.5 Å². The summed E-state index contributed by atoms with van der Waals surface area (Å²) in [5.74, 6) is 0. The van der Waals surface area contributed by atoms with E-state index in [9.17, 15) is 4.79 Å². The molecule has 1 aromatic heterocycles. The zero-order valence-corrected chi connectivity index (χ0v) is 15.4. The Bertz CT molecular complexity index is 819. The van der Waals surface area contributed by atoms with Crippen molar-refractivity contribution in [2.24, 2.45) is 0 Å². The van der Waals surface area contributed by atoms with Crippen molar-refractivity contribution in [1.82, 2.24) is 15.6 Å². The molecule has 0 bridgehead atoms. The Hall–Kier alpha value is -2.95. The number of nitrogens with zero attached hydrogens (tertiary/aromatic N) is 1. The van der Waals surface area contributed by atoms with Crippen LogP contribution in [-0.2, 0) is 13.0 Å². The zero-order chi connectivity index (χ0) is 18.4. The summed E-state index contributed by atoms with van der Waals surface area (Å²) in [6, 6.07) is 18.6. The van der Waals surface area contributed by atoms with Crippen LogP contribution in [0.5, 0.6) is 0 Å². The number of benzene rings is 2. The second kappa shape index (κ2) is 8.43. The fourth-order valence-electron chi connectivity index (χ4n) is 2.92. The summed E-state index contributed by atoms with van der Waals surface area (Å²) in [6.07, 6.45) is 1.87. The number of hydrogen-bond donors (Lipinski definition) is 3. The van der Waals surface area contributed by atoms with E-state index in [1.807, 2.05) is 32.3 Å². The molecular formula is C21H26N4O. The van der Waals surface area contributed by atoms with Crippen molar-refractivity contribution in [3.63, 3.8) is 0 Å². The van der Waals surface area contributed by atoms with Crippen LogP contribution in [0, 0.1) is 0 Å². The minimum Gasteiger partial charge on any atom is -0.378 e. The van der Waals surface area contributed by atoms with Gasteiger partial charge in [0.1, 0.15) is 0 Å². The van der Waals surface area contributed by atoms with Crippen LogP contribution < -0.4 is 15.5 Å². The van der Waals surface area contributed by atoms with Gasteiger partial charge in [0, 0.05) is 37.5 Å². The van der Waals surface area contributed by atoms with Crippen LogP contribution in [0.15, 0.2) is 54.6 Å². The lowest BCUT2D eigenvalue weighted by Gasteiger charge is -2.12. The first-order valence-corrected chi connectivity index (χ1v) is 8.96. The highest BCUT2D eigenvalue weighted by atomic mass is 16.2. The van der Waals surface area contributed by atoms with E-state index >= 15 is 0 Å². The maximum atomic E-state index is 11.9.